The van der Waals surface area contributed by atoms with E-state index in [0.717, 1.165) is 35.1 Å². The van der Waals surface area contributed by atoms with Crippen LogP contribution < -0.4 is 10.1 Å². The zero-order chi connectivity index (χ0) is 13.5. The Balaban J connectivity index is 1.66. The molecular formula is C16H20N2O2. The molecule has 0 bridgehead atoms. The van der Waals surface area contributed by atoms with E-state index in [1.54, 1.807) is 7.11 Å². The maximum Gasteiger partial charge on any atom is 0.212 e. The average molecular weight is 272 g/mol. The summed E-state index contributed by atoms with van der Waals surface area (Å²) in [5, 5.41) is 3.71. The van der Waals surface area contributed by atoms with Crippen molar-refractivity contribution in [3.8, 4) is 5.75 Å². The summed E-state index contributed by atoms with van der Waals surface area (Å²) in [6.07, 6.45) is 6.52. The summed E-state index contributed by atoms with van der Waals surface area (Å²) in [7, 11) is 1.67. The van der Waals surface area contributed by atoms with Crippen LogP contribution in [0.2, 0.25) is 0 Å². The molecule has 1 aromatic carbocycles. The molecule has 3 atom stereocenters. The molecule has 2 heterocycles. The minimum absolute atomic E-state index is 0.264. The summed E-state index contributed by atoms with van der Waals surface area (Å²) in [5.74, 6) is 2.40. The van der Waals surface area contributed by atoms with Crippen molar-refractivity contribution in [2.45, 2.75) is 44.2 Å². The van der Waals surface area contributed by atoms with Crippen molar-refractivity contribution in [2.75, 3.05) is 7.11 Å². The zero-order valence-corrected chi connectivity index (χ0v) is 11.8. The van der Waals surface area contributed by atoms with Crippen molar-refractivity contribution in [3.05, 3.63) is 24.1 Å². The highest BCUT2D eigenvalue weighted by molar-refractivity contribution is 5.79. The molecule has 4 heteroatoms. The van der Waals surface area contributed by atoms with Gasteiger partial charge in [-0.1, -0.05) is 18.9 Å². The Bertz CT molecular complexity index is 608. The maximum atomic E-state index is 5.95. The molecule has 3 unspecified atom stereocenters. The first kappa shape index (κ1) is 12.2. The van der Waals surface area contributed by atoms with E-state index < -0.39 is 0 Å². The van der Waals surface area contributed by atoms with E-state index in [1.165, 1.54) is 25.7 Å². The Hall–Kier alpha value is -1.55. The van der Waals surface area contributed by atoms with E-state index in [-0.39, 0.29) is 6.04 Å². The van der Waals surface area contributed by atoms with Crippen molar-refractivity contribution in [2.24, 2.45) is 5.92 Å². The predicted octanol–water partition coefficient (Wildman–Crippen LogP) is 3.43. The normalized spacial score (nSPS) is 29.6. The molecule has 1 aliphatic carbocycles. The molecule has 1 aliphatic heterocycles. The third-order valence-corrected chi connectivity index (χ3v) is 4.78. The Kier molecular flexibility index (Phi) is 2.91. The van der Waals surface area contributed by atoms with Gasteiger partial charge in [0.2, 0.25) is 5.89 Å². The lowest BCUT2D eigenvalue weighted by Crippen LogP contribution is -2.30. The van der Waals surface area contributed by atoms with Crippen LogP contribution in [0.5, 0.6) is 5.75 Å². The van der Waals surface area contributed by atoms with Crippen LogP contribution in [0.3, 0.4) is 0 Å². The van der Waals surface area contributed by atoms with Gasteiger partial charge in [0, 0.05) is 6.04 Å². The van der Waals surface area contributed by atoms with Crippen molar-refractivity contribution in [1.82, 2.24) is 10.3 Å². The molecule has 4 rings (SSSR count). The van der Waals surface area contributed by atoms with Gasteiger partial charge in [0.1, 0.15) is 5.75 Å². The van der Waals surface area contributed by atoms with E-state index in [0.29, 0.717) is 6.04 Å². The van der Waals surface area contributed by atoms with Crippen molar-refractivity contribution >= 4 is 11.1 Å². The largest absolute Gasteiger partial charge is 0.494 e. The summed E-state index contributed by atoms with van der Waals surface area (Å²) in [5.41, 5.74) is 1.65. The number of hydrogen-bond acceptors (Lipinski definition) is 4. The first-order valence-corrected chi connectivity index (χ1v) is 7.54. The summed E-state index contributed by atoms with van der Waals surface area (Å²) in [6, 6.07) is 6.75. The summed E-state index contributed by atoms with van der Waals surface area (Å²) >= 11 is 0. The number of methoxy groups -OCH3 is 1. The van der Waals surface area contributed by atoms with E-state index in [9.17, 15) is 0 Å². The molecular weight excluding hydrogens is 252 g/mol. The van der Waals surface area contributed by atoms with Crippen molar-refractivity contribution in [3.63, 3.8) is 0 Å². The van der Waals surface area contributed by atoms with Crippen LogP contribution >= 0.6 is 0 Å². The number of fused-ring (bicyclic) bond motifs is 2. The number of nitrogens with zero attached hydrogens (tertiary/aromatic N) is 1. The van der Waals surface area contributed by atoms with E-state index in [2.05, 4.69) is 10.3 Å². The fourth-order valence-electron chi connectivity index (χ4n) is 3.76. The predicted molar refractivity (Wildman–Crippen MR) is 76.8 cm³/mol. The molecule has 2 aromatic rings. The monoisotopic (exact) mass is 272 g/mol. The van der Waals surface area contributed by atoms with E-state index >= 15 is 0 Å². The summed E-state index contributed by atoms with van der Waals surface area (Å²) in [6.45, 7) is 0. The lowest BCUT2D eigenvalue weighted by molar-refractivity contribution is 0.325. The van der Waals surface area contributed by atoms with Gasteiger partial charge in [-0.05, 0) is 37.3 Å². The van der Waals surface area contributed by atoms with Gasteiger partial charge >= 0.3 is 0 Å². The van der Waals surface area contributed by atoms with Crippen LogP contribution in [0.25, 0.3) is 11.1 Å². The molecule has 2 fully saturated rings. The molecule has 0 radical (unpaired) electrons. The lowest BCUT2D eigenvalue weighted by atomic mass is 9.85. The molecule has 1 saturated heterocycles. The van der Waals surface area contributed by atoms with Gasteiger partial charge in [-0.25, -0.2) is 4.98 Å². The van der Waals surface area contributed by atoms with Gasteiger partial charge < -0.3 is 14.5 Å². The Morgan fingerprint density at radius 1 is 1.30 bits per heavy atom. The Morgan fingerprint density at radius 3 is 3.05 bits per heavy atom. The summed E-state index contributed by atoms with van der Waals surface area (Å²) in [4.78, 5) is 4.67. The number of aromatic nitrogens is 1. The van der Waals surface area contributed by atoms with E-state index in [1.807, 2.05) is 18.2 Å². The number of nitrogens with one attached hydrogen (secondary N) is 1. The van der Waals surface area contributed by atoms with Crippen LogP contribution in [0.4, 0.5) is 0 Å². The van der Waals surface area contributed by atoms with Crippen LogP contribution in [0.15, 0.2) is 22.6 Å². The standard InChI is InChI=1S/C16H20N2O2/c1-19-13-7-4-8-14-15(13)18-16(20-14)12-9-10-5-2-3-6-11(10)17-12/h4,7-8,10-12,17H,2-3,5-6,9H2,1H3. The first-order chi connectivity index (χ1) is 9.85. The van der Waals surface area contributed by atoms with Gasteiger partial charge in [-0.15, -0.1) is 0 Å². The molecule has 106 valence electrons. The third-order valence-electron chi connectivity index (χ3n) is 4.78. The molecule has 1 saturated carbocycles. The highest BCUT2D eigenvalue weighted by Gasteiger charge is 2.37. The highest BCUT2D eigenvalue weighted by Crippen LogP contribution is 2.40. The average Bonchev–Trinajstić information content (AvgIpc) is 3.09. The van der Waals surface area contributed by atoms with Gasteiger partial charge in [0.15, 0.2) is 11.1 Å². The van der Waals surface area contributed by atoms with Crippen LogP contribution in [0, 0.1) is 5.92 Å². The highest BCUT2D eigenvalue weighted by atomic mass is 16.5. The zero-order valence-electron chi connectivity index (χ0n) is 11.8. The minimum atomic E-state index is 0.264. The van der Waals surface area contributed by atoms with Crippen LogP contribution in [-0.4, -0.2) is 18.1 Å². The van der Waals surface area contributed by atoms with E-state index in [4.69, 9.17) is 9.15 Å². The molecule has 2 aliphatic rings. The van der Waals surface area contributed by atoms with Crippen LogP contribution in [0.1, 0.15) is 44.0 Å². The molecule has 20 heavy (non-hydrogen) atoms. The number of benzene rings is 1. The molecule has 1 aromatic heterocycles. The van der Waals surface area contributed by atoms with Gasteiger partial charge in [-0.3, -0.25) is 0 Å². The number of rotatable bonds is 2. The molecule has 0 amide bonds. The van der Waals surface area contributed by atoms with Gasteiger partial charge in [-0.2, -0.15) is 0 Å². The molecule has 1 N–H and O–H groups in total. The number of para-hydroxylation sites is 1. The number of oxazole rings is 1. The smallest absolute Gasteiger partial charge is 0.212 e. The topological polar surface area (TPSA) is 47.3 Å². The second-order valence-electron chi connectivity index (χ2n) is 5.97. The lowest BCUT2D eigenvalue weighted by Gasteiger charge is -2.24. The quantitative estimate of drug-likeness (QED) is 0.910. The Labute approximate surface area is 118 Å². The van der Waals surface area contributed by atoms with Crippen molar-refractivity contribution < 1.29 is 9.15 Å². The number of hydrogen-bond donors (Lipinski definition) is 1. The van der Waals surface area contributed by atoms with Crippen LogP contribution in [-0.2, 0) is 0 Å². The Morgan fingerprint density at radius 2 is 2.20 bits per heavy atom. The third kappa shape index (κ3) is 1.90. The maximum absolute atomic E-state index is 5.95. The molecule has 0 spiro atoms. The fraction of sp³-hybridized carbons (Fsp3) is 0.562. The van der Waals surface area contributed by atoms with Gasteiger partial charge in [0.05, 0.1) is 13.2 Å². The fourth-order valence-corrected chi connectivity index (χ4v) is 3.76. The second kappa shape index (κ2) is 4.77. The minimum Gasteiger partial charge on any atom is -0.494 e. The SMILES string of the molecule is COc1cccc2oc(C3CC4CCCCC4N3)nc12. The number of ether oxygens (including phenoxy) is 1. The molecule has 4 nitrogen and oxygen atoms in total. The van der Waals surface area contributed by atoms with Crippen molar-refractivity contribution in [1.29, 1.82) is 0 Å². The van der Waals surface area contributed by atoms with Gasteiger partial charge in [0.25, 0.3) is 0 Å². The first-order valence-electron chi connectivity index (χ1n) is 7.54. The second-order valence-corrected chi connectivity index (χ2v) is 5.97. The summed E-state index contributed by atoms with van der Waals surface area (Å²) < 4.78 is 11.3.